The first-order valence-corrected chi connectivity index (χ1v) is 13.0. The minimum atomic E-state index is -0.434. The number of nitrogens with one attached hydrogen (secondary N) is 1. The van der Waals surface area contributed by atoms with Gasteiger partial charge in [-0.2, -0.15) is 0 Å². The average molecular weight is 475 g/mol. The van der Waals surface area contributed by atoms with Gasteiger partial charge in [0.2, 0.25) is 11.8 Å². The van der Waals surface area contributed by atoms with Gasteiger partial charge in [-0.1, -0.05) is 0 Å². The fourth-order valence-electron chi connectivity index (χ4n) is 5.18. The van der Waals surface area contributed by atoms with Crippen molar-refractivity contribution >= 4 is 33.4 Å². The minimum Gasteiger partial charge on any atom is -0.352 e. The number of aromatic nitrogens is 2. The fraction of sp³-hybridized carbons (Fsp3) is 0.667. The van der Waals surface area contributed by atoms with Crippen LogP contribution in [0.2, 0.25) is 0 Å². The number of thiophene rings is 1. The first-order valence-electron chi connectivity index (χ1n) is 12.1. The van der Waals surface area contributed by atoms with E-state index in [1.165, 1.54) is 26.9 Å². The normalized spacial score (nSPS) is 21.5. The summed E-state index contributed by atoms with van der Waals surface area (Å²) in [6, 6.07) is 1.70. The Kier molecular flexibility index (Phi) is 7.36. The van der Waals surface area contributed by atoms with Gasteiger partial charge in [-0.3, -0.25) is 23.5 Å². The summed E-state index contributed by atoms with van der Waals surface area (Å²) in [4.78, 5) is 53.6. The highest BCUT2D eigenvalue weighted by atomic mass is 32.1. The summed E-state index contributed by atoms with van der Waals surface area (Å²) in [6.45, 7) is 5.71. The Labute approximate surface area is 197 Å². The highest BCUT2D eigenvalue weighted by molar-refractivity contribution is 7.17. The van der Waals surface area contributed by atoms with Crippen LogP contribution in [0.3, 0.4) is 0 Å². The lowest BCUT2D eigenvalue weighted by atomic mass is 9.81. The molecule has 1 saturated carbocycles. The van der Waals surface area contributed by atoms with E-state index in [2.05, 4.69) is 5.32 Å². The molecule has 1 aliphatic carbocycles. The summed E-state index contributed by atoms with van der Waals surface area (Å²) in [6.07, 6.45) is 6.66. The first kappa shape index (κ1) is 23.7. The van der Waals surface area contributed by atoms with Crippen molar-refractivity contribution in [2.75, 3.05) is 13.1 Å². The molecule has 2 fully saturated rings. The Morgan fingerprint density at radius 3 is 2.42 bits per heavy atom. The Morgan fingerprint density at radius 1 is 1.06 bits per heavy atom. The molecule has 0 bridgehead atoms. The van der Waals surface area contributed by atoms with Gasteiger partial charge in [0, 0.05) is 31.6 Å². The molecule has 0 spiro atoms. The van der Waals surface area contributed by atoms with Gasteiger partial charge in [0.05, 0.1) is 5.52 Å². The number of hydrogen-bond acceptors (Lipinski definition) is 5. The molecule has 1 N–H and O–H groups in total. The predicted molar refractivity (Wildman–Crippen MR) is 130 cm³/mol. The number of fused-ring (bicyclic) bond motifs is 1. The number of hydrogen-bond donors (Lipinski definition) is 1. The lowest BCUT2D eigenvalue weighted by Gasteiger charge is -2.34. The zero-order valence-corrected chi connectivity index (χ0v) is 20.4. The third kappa shape index (κ3) is 5.23. The van der Waals surface area contributed by atoms with Crippen LogP contribution in [0.4, 0.5) is 0 Å². The van der Waals surface area contributed by atoms with Crippen LogP contribution in [0.15, 0.2) is 21.0 Å². The largest absolute Gasteiger partial charge is 0.352 e. The van der Waals surface area contributed by atoms with Crippen LogP contribution in [0, 0.1) is 11.8 Å². The molecule has 2 aromatic heterocycles. The van der Waals surface area contributed by atoms with Crippen molar-refractivity contribution < 1.29 is 9.59 Å². The Bertz CT molecular complexity index is 1120. The minimum absolute atomic E-state index is 0.0279. The average Bonchev–Trinajstić information content (AvgIpc) is 3.30. The van der Waals surface area contributed by atoms with E-state index >= 15 is 0 Å². The number of likely N-dealkylation sites (tertiary alicyclic amines) is 1. The molecule has 1 aliphatic heterocycles. The quantitative estimate of drug-likeness (QED) is 0.696. The van der Waals surface area contributed by atoms with Gasteiger partial charge in [0.1, 0.15) is 11.2 Å². The van der Waals surface area contributed by atoms with Gasteiger partial charge in [-0.15, -0.1) is 11.3 Å². The van der Waals surface area contributed by atoms with Crippen molar-refractivity contribution in [3.63, 3.8) is 0 Å². The summed E-state index contributed by atoms with van der Waals surface area (Å²) >= 11 is 1.30. The van der Waals surface area contributed by atoms with E-state index in [-0.39, 0.29) is 41.8 Å². The van der Waals surface area contributed by atoms with E-state index in [0.29, 0.717) is 16.8 Å². The molecule has 0 atom stereocenters. The van der Waals surface area contributed by atoms with Gasteiger partial charge in [-0.25, -0.2) is 4.79 Å². The van der Waals surface area contributed by atoms with Gasteiger partial charge in [0.15, 0.2) is 0 Å². The highest BCUT2D eigenvalue weighted by Gasteiger charge is 2.31. The topological polar surface area (TPSA) is 93.4 Å². The van der Waals surface area contributed by atoms with Crippen molar-refractivity contribution in [3.05, 3.63) is 32.3 Å². The smallest absolute Gasteiger partial charge is 0.332 e. The Balaban J connectivity index is 1.49. The van der Waals surface area contributed by atoms with Crippen LogP contribution >= 0.6 is 11.3 Å². The molecule has 8 nitrogen and oxygen atoms in total. The maximum atomic E-state index is 13.3. The lowest BCUT2D eigenvalue weighted by molar-refractivity contribution is -0.137. The fourth-order valence-corrected chi connectivity index (χ4v) is 6.02. The van der Waals surface area contributed by atoms with E-state index in [1.807, 2.05) is 18.7 Å². The molecule has 0 unspecified atom stereocenters. The molecule has 9 heteroatoms. The third-order valence-corrected chi connectivity index (χ3v) is 7.78. The standard InChI is InChI=1S/C24H34N4O4S/c1-16(2)25-20(29)15-27-19-10-13-33-21(19)23(31)28(24(27)32)14-17-6-8-18(9-7-17)22(30)26-11-4-3-5-12-26/h10,13,16-18H,3-9,11-12,14-15H2,1-2H3,(H,25,29). The summed E-state index contributed by atoms with van der Waals surface area (Å²) < 4.78 is 3.22. The third-order valence-electron chi connectivity index (χ3n) is 6.89. The summed E-state index contributed by atoms with van der Waals surface area (Å²) in [5.74, 6) is 0.272. The second kappa shape index (κ2) is 10.2. The molecular weight excluding hydrogens is 440 g/mol. The molecule has 2 aromatic rings. The van der Waals surface area contributed by atoms with E-state index < -0.39 is 5.69 Å². The predicted octanol–water partition coefficient (Wildman–Crippen LogP) is 2.57. The number of piperidine rings is 1. The molecular formula is C24H34N4O4S. The van der Waals surface area contributed by atoms with Crippen molar-refractivity contribution in [2.24, 2.45) is 11.8 Å². The van der Waals surface area contributed by atoms with Crippen LogP contribution in [0.1, 0.15) is 58.8 Å². The van der Waals surface area contributed by atoms with Crippen LogP contribution in [-0.2, 0) is 22.7 Å². The Morgan fingerprint density at radius 2 is 1.76 bits per heavy atom. The first-order chi connectivity index (χ1) is 15.8. The van der Waals surface area contributed by atoms with Gasteiger partial charge in [-0.05, 0) is 76.2 Å². The number of carbonyl (C=O) groups excluding carboxylic acids is 2. The van der Waals surface area contributed by atoms with Crippen LogP contribution in [-0.4, -0.2) is 45.0 Å². The number of nitrogens with zero attached hydrogens (tertiary/aromatic N) is 3. The summed E-state index contributed by atoms with van der Waals surface area (Å²) in [5.41, 5.74) is -0.200. The number of carbonyl (C=O) groups is 2. The molecule has 0 aromatic carbocycles. The Hall–Kier alpha value is -2.42. The van der Waals surface area contributed by atoms with E-state index in [9.17, 15) is 19.2 Å². The number of amides is 2. The van der Waals surface area contributed by atoms with Crippen molar-refractivity contribution in [3.8, 4) is 0 Å². The van der Waals surface area contributed by atoms with Crippen LogP contribution in [0.5, 0.6) is 0 Å². The highest BCUT2D eigenvalue weighted by Crippen LogP contribution is 2.31. The second-order valence-corrected chi connectivity index (χ2v) is 10.7. The van der Waals surface area contributed by atoms with Crippen molar-refractivity contribution in [2.45, 2.75) is 77.9 Å². The SMILES string of the molecule is CC(C)NC(=O)Cn1c(=O)n(CC2CCC(C(=O)N3CCCCC3)CC2)c(=O)c2sccc21. The van der Waals surface area contributed by atoms with Crippen molar-refractivity contribution in [1.82, 2.24) is 19.4 Å². The molecule has 2 aliphatic rings. The van der Waals surface area contributed by atoms with Gasteiger partial charge >= 0.3 is 5.69 Å². The van der Waals surface area contributed by atoms with E-state index in [0.717, 1.165) is 51.6 Å². The molecule has 4 rings (SSSR count). The summed E-state index contributed by atoms with van der Waals surface area (Å²) in [5, 5.41) is 4.60. The van der Waals surface area contributed by atoms with E-state index in [4.69, 9.17) is 0 Å². The zero-order chi connectivity index (χ0) is 23.5. The van der Waals surface area contributed by atoms with Crippen LogP contribution in [0.25, 0.3) is 10.2 Å². The maximum Gasteiger partial charge on any atom is 0.332 e. The molecule has 33 heavy (non-hydrogen) atoms. The number of rotatable bonds is 6. The zero-order valence-electron chi connectivity index (χ0n) is 19.5. The molecule has 3 heterocycles. The summed E-state index contributed by atoms with van der Waals surface area (Å²) in [7, 11) is 0. The molecule has 180 valence electrons. The molecule has 0 radical (unpaired) electrons. The monoisotopic (exact) mass is 474 g/mol. The molecule has 1 saturated heterocycles. The second-order valence-electron chi connectivity index (χ2n) is 9.75. The van der Waals surface area contributed by atoms with Crippen LogP contribution < -0.4 is 16.6 Å². The van der Waals surface area contributed by atoms with E-state index in [1.54, 1.807) is 11.4 Å². The van der Waals surface area contributed by atoms with Gasteiger partial charge < -0.3 is 10.2 Å². The maximum absolute atomic E-state index is 13.3. The molecule has 2 amide bonds. The lowest BCUT2D eigenvalue weighted by Crippen LogP contribution is -2.45. The van der Waals surface area contributed by atoms with Gasteiger partial charge in [0.25, 0.3) is 5.56 Å². The van der Waals surface area contributed by atoms with Crippen molar-refractivity contribution in [1.29, 1.82) is 0 Å².